The van der Waals surface area contributed by atoms with Crippen LogP contribution in [0.4, 0.5) is 0 Å². The standard InChI is InChI=1S/C19H24N4OS/c1-3-9-21-23(2)13-16-11-18(25-14-16)19(24)22-17(12-20)10-15-7-5-4-6-8-15/h3-9,11,14,17H,1,10,12-13,20H2,2H3,(H,22,24)/b21-9-. The third-order valence-electron chi connectivity index (χ3n) is 3.60. The zero-order valence-corrected chi connectivity index (χ0v) is 15.2. The van der Waals surface area contributed by atoms with Crippen molar-refractivity contribution >= 4 is 23.5 Å². The Kier molecular flexibility index (Phi) is 7.37. The Hall–Kier alpha value is -2.44. The van der Waals surface area contributed by atoms with Gasteiger partial charge in [0, 0.05) is 25.8 Å². The van der Waals surface area contributed by atoms with Crippen molar-refractivity contribution in [1.29, 1.82) is 0 Å². The van der Waals surface area contributed by atoms with Crippen LogP contribution >= 0.6 is 11.3 Å². The molecule has 0 saturated carbocycles. The molecule has 0 spiro atoms. The number of nitrogens with zero attached hydrogens (tertiary/aromatic N) is 2. The van der Waals surface area contributed by atoms with Crippen LogP contribution in [0, 0.1) is 0 Å². The van der Waals surface area contributed by atoms with E-state index < -0.39 is 0 Å². The van der Waals surface area contributed by atoms with Crippen LogP contribution < -0.4 is 11.1 Å². The third kappa shape index (κ3) is 6.17. The monoisotopic (exact) mass is 356 g/mol. The maximum Gasteiger partial charge on any atom is 0.261 e. The molecule has 132 valence electrons. The van der Waals surface area contributed by atoms with Crippen molar-refractivity contribution < 1.29 is 4.79 Å². The molecule has 1 aromatic heterocycles. The fourth-order valence-electron chi connectivity index (χ4n) is 2.39. The summed E-state index contributed by atoms with van der Waals surface area (Å²) in [5.74, 6) is -0.0834. The molecule has 1 unspecified atom stereocenters. The van der Waals surface area contributed by atoms with Gasteiger partial charge in [-0.3, -0.25) is 9.80 Å². The number of carbonyl (C=O) groups excluding carboxylic acids is 1. The Morgan fingerprint density at radius 1 is 1.40 bits per heavy atom. The summed E-state index contributed by atoms with van der Waals surface area (Å²) < 4.78 is 0. The van der Waals surface area contributed by atoms with Crippen LogP contribution in [0.1, 0.15) is 20.8 Å². The minimum atomic E-state index is -0.0834. The summed E-state index contributed by atoms with van der Waals surface area (Å²) in [6.45, 7) is 4.63. The van der Waals surface area contributed by atoms with Crippen molar-refractivity contribution in [3.63, 3.8) is 0 Å². The van der Waals surface area contributed by atoms with Crippen molar-refractivity contribution in [2.75, 3.05) is 13.6 Å². The fraction of sp³-hybridized carbons (Fsp3) is 0.263. The van der Waals surface area contributed by atoms with E-state index in [4.69, 9.17) is 5.73 Å². The van der Waals surface area contributed by atoms with Crippen LogP contribution in [-0.4, -0.2) is 36.8 Å². The molecule has 1 aromatic carbocycles. The molecule has 0 radical (unpaired) electrons. The number of rotatable bonds is 9. The lowest BCUT2D eigenvalue weighted by Gasteiger charge is -2.16. The Labute approximate surface area is 152 Å². The quantitative estimate of drug-likeness (QED) is 0.536. The molecule has 25 heavy (non-hydrogen) atoms. The molecule has 3 N–H and O–H groups in total. The van der Waals surface area contributed by atoms with Crippen LogP contribution in [0.2, 0.25) is 0 Å². The Balaban J connectivity index is 1.93. The first-order valence-corrected chi connectivity index (χ1v) is 8.98. The van der Waals surface area contributed by atoms with E-state index in [1.54, 1.807) is 17.3 Å². The number of benzene rings is 1. The number of nitrogens with one attached hydrogen (secondary N) is 1. The lowest BCUT2D eigenvalue weighted by molar-refractivity contribution is 0.0942. The van der Waals surface area contributed by atoms with Crippen LogP contribution in [0.15, 0.2) is 59.5 Å². The van der Waals surface area contributed by atoms with Crippen molar-refractivity contribution in [2.24, 2.45) is 10.8 Å². The predicted molar refractivity (Wildman–Crippen MR) is 105 cm³/mol. The number of thiophene rings is 1. The van der Waals surface area contributed by atoms with E-state index in [9.17, 15) is 4.79 Å². The van der Waals surface area contributed by atoms with Crippen molar-refractivity contribution in [3.8, 4) is 0 Å². The SMILES string of the molecule is C=C/C=N\N(C)Cc1csc(C(=O)NC(CN)Cc2ccccc2)c1. The Morgan fingerprint density at radius 2 is 2.16 bits per heavy atom. The first kappa shape index (κ1) is 18.9. The molecule has 1 atom stereocenters. The zero-order valence-electron chi connectivity index (χ0n) is 14.4. The van der Waals surface area contributed by atoms with Gasteiger partial charge in [0.2, 0.25) is 0 Å². The number of hydrogen-bond acceptors (Lipinski definition) is 5. The summed E-state index contributed by atoms with van der Waals surface area (Å²) in [6, 6.07) is 11.8. The second kappa shape index (κ2) is 9.76. The molecule has 0 aliphatic heterocycles. The molecule has 0 aliphatic carbocycles. The normalized spacial score (nSPS) is 12.1. The van der Waals surface area contributed by atoms with Gasteiger partial charge in [-0.1, -0.05) is 36.9 Å². The largest absolute Gasteiger partial charge is 0.347 e. The molecule has 0 fully saturated rings. The highest BCUT2D eigenvalue weighted by Crippen LogP contribution is 2.16. The van der Waals surface area contributed by atoms with Gasteiger partial charge in [0.05, 0.1) is 11.4 Å². The molecule has 0 aliphatic rings. The van der Waals surface area contributed by atoms with Crippen LogP contribution in [-0.2, 0) is 13.0 Å². The molecule has 1 amide bonds. The van der Waals surface area contributed by atoms with Gasteiger partial charge in [0.25, 0.3) is 5.91 Å². The molecule has 0 saturated heterocycles. The van der Waals surface area contributed by atoms with Crippen LogP contribution in [0.3, 0.4) is 0 Å². The van der Waals surface area contributed by atoms with Gasteiger partial charge in [-0.05, 0) is 35.1 Å². The Morgan fingerprint density at radius 3 is 2.84 bits per heavy atom. The van der Waals surface area contributed by atoms with Gasteiger partial charge in [0.1, 0.15) is 0 Å². The van der Waals surface area contributed by atoms with Gasteiger partial charge in [-0.2, -0.15) is 5.10 Å². The molecule has 6 heteroatoms. The van der Waals surface area contributed by atoms with Gasteiger partial charge in [-0.15, -0.1) is 11.3 Å². The van der Waals surface area contributed by atoms with E-state index in [-0.39, 0.29) is 11.9 Å². The van der Waals surface area contributed by atoms with E-state index in [1.807, 2.05) is 48.8 Å². The third-order valence-corrected chi connectivity index (χ3v) is 4.58. The van der Waals surface area contributed by atoms with E-state index in [0.29, 0.717) is 18.0 Å². The number of allylic oxidation sites excluding steroid dienone is 1. The van der Waals surface area contributed by atoms with Crippen molar-refractivity contribution in [3.05, 3.63) is 70.4 Å². The lowest BCUT2D eigenvalue weighted by Crippen LogP contribution is -2.41. The van der Waals surface area contributed by atoms with Gasteiger partial charge in [0.15, 0.2) is 0 Å². The Bertz CT molecular complexity index is 711. The predicted octanol–water partition coefficient (Wildman–Crippen LogP) is 2.65. The van der Waals surface area contributed by atoms with E-state index in [1.165, 1.54) is 11.3 Å². The van der Waals surface area contributed by atoms with E-state index >= 15 is 0 Å². The lowest BCUT2D eigenvalue weighted by atomic mass is 10.1. The molecular formula is C19H24N4OS. The maximum absolute atomic E-state index is 12.5. The number of amides is 1. The molecule has 1 heterocycles. The highest BCUT2D eigenvalue weighted by Gasteiger charge is 2.15. The smallest absolute Gasteiger partial charge is 0.261 e. The number of carbonyl (C=O) groups is 1. The van der Waals surface area contributed by atoms with Gasteiger partial charge in [-0.25, -0.2) is 0 Å². The number of nitrogens with two attached hydrogens (primary N) is 1. The molecular weight excluding hydrogens is 332 g/mol. The van der Waals surface area contributed by atoms with Crippen LogP contribution in [0.25, 0.3) is 0 Å². The molecule has 5 nitrogen and oxygen atoms in total. The first-order chi connectivity index (χ1) is 12.1. The topological polar surface area (TPSA) is 70.7 Å². The highest BCUT2D eigenvalue weighted by atomic mass is 32.1. The average molecular weight is 356 g/mol. The summed E-state index contributed by atoms with van der Waals surface area (Å²) in [6.07, 6.45) is 3.98. The van der Waals surface area contributed by atoms with E-state index in [0.717, 1.165) is 17.5 Å². The van der Waals surface area contributed by atoms with Crippen molar-refractivity contribution in [2.45, 2.75) is 19.0 Å². The summed E-state index contributed by atoms with van der Waals surface area (Å²) in [5, 5.41) is 11.0. The summed E-state index contributed by atoms with van der Waals surface area (Å²) >= 11 is 1.43. The number of hydrazone groups is 1. The maximum atomic E-state index is 12.5. The summed E-state index contributed by atoms with van der Waals surface area (Å²) in [4.78, 5) is 13.1. The highest BCUT2D eigenvalue weighted by molar-refractivity contribution is 7.12. The summed E-state index contributed by atoms with van der Waals surface area (Å²) in [7, 11) is 1.88. The molecule has 2 aromatic rings. The molecule has 0 bridgehead atoms. The summed E-state index contributed by atoms with van der Waals surface area (Å²) in [5.41, 5.74) is 8.03. The minimum Gasteiger partial charge on any atom is -0.347 e. The van der Waals surface area contributed by atoms with E-state index in [2.05, 4.69) is 17.0 Å². The minimum absolute atomic E-state index is 0.0830. The van der Waals surface area contributed by atoms with Gasteiger partial charge >= 0.3 is 0 Å². The average Bonchev–Trinajstić information content (AvgIpc) is 3.08. The fourth-order valence-corrected chi connectivity index (χ4v) is 3.20. The second-order valence-electron chi connectivity index (χ2n) is 5.73. The first-order valence-electron chi connectivity index (χ1n) is 8.10. The van der Waals surface area contributed by atoms with Crippen molar-refractivity contribution in [1.82, 2.24) is 10.3 Å². The molecule has 2 rings (SSSR count). The van der Waals surface area contributed by atoms with Crippen LogP contribution in [0.5, 0.6) is 0 Å². The second-order valence-corrected chi connectivity index (χ2v) is 6.64. The number of hydrogen-bond donors (Lipinski definition) is 2. The van der Waals surface area contributed by atoms with Gasteiger partial charge < -0.3 is 11.1 Å². The zero-order chi connectivity index (χ0) is 18.1.